The SMILES string of the molecule is COCC(C)(C)NC(C)Cc1ccsc1. The Morgan fingerprint density at radius 2 is 2.27 bits per heavy atom. The first-order valence-electron chi connectivity index (χ1n) is 5.31. The Morgan fingerprint density at radius 1 is 1.53 bits per heavy atom. The van der Waals surface area contributed by atoms with Crippen LogP contribution in [-0.2, 0) is 11.2 Å². The Morgan fingerprint density at radius 3 is 2.80 bits per heavy atom. The van der Waals surface area contributed by atoms with Gasteiger partial charge in [-0.25, -0.2) is 0 Å². The highest BCUT2D eigenvalue weighted by Crippen LogP contribution is 2.11. The summed E-state index contributed by atoms with van der Waals surface area (Å²) >= 11 is 1.76. The highest BCUT2D eigenvalue weighted by atomic mass is 32.1. The van der Waals surface area contributed by atoms with E-state index in [1.54, 1.807) is 18.4 Å². The molecule has 0 aliphatic rings. The first-order chi connectivity index (χ1) is 7.03. The smallest absolute Gasteiger partial charge is 0.0639 e. The monoisotopic (exact) mass is 227 g/mol. The van der Waals surface area contributed by atoms with Crippen molar-refractivity contribution in [1.82, 2.24) is 5.32 Å². The van der Waals surface area contributed by atoms with Crippen molar-refractivity contribution in [3.8, 4) is 0 Å². The van der Waals surface area contributed by atoms with Crippen molar-refractivity contribution in [1.29, 1.82) is 0 Å². The van der Waals surface area contributed by atoms with Gasteiger partial charge in [-0.05, 0) is 49.6 Å². The van der Waals surface area contributed by atoms with Gasteiger partial charge in [0.2, 0.25) is 0 Å². The van der Waals surface area contributed by atoms with Crippen molar-refractivity contribution in [3.63, 3.8) is 0 Å². The third-order valence-electron chi connectivity index (χ3n) is 2.26. The molecule has 1 unspecified atom stereocenters. The third-order valence-corrected chi connectivity index (χ3v) is 3.00. The van der Waals surface area contributed by atoms with Crippen LogP contribution in [0.3, 0.4) is 0 Å². The normalized spacial score (nSPS) is 14.1. The molecule has 1 heterocycles. The van der Waals surface area contributed by atoms with Crippen molar-refractivity contribution in [2.45, 2.75) is 38.8 Å². The van der Waals surface area contributed by atoms with Gasteiger partial charge in [-0.3, -0.25) is 0 Å². The van der Waals surface area contributed by atoms with Gasteiger partial charge in [0.1, 0.15) is 0 Å². The van der Waals surface area contributed by atoms with Gasteiger partial charge in [-0.1, -0.05) is 0 Å². The molecule has 86 valence electrons. The fraction of sp³-hybridized carbons (Fsp3) is 0.667. The Hall–Kier alpha value is -0.380. The average molecular weight is 227 g/mol. The highest BCUT2D eigenvalue weighted by Gasteiger charge is 2.19. The molecule has 0 radical (unpaired) electrons. The zero-order valence-electron chi connectivity index (χ0n) is 10.0. The van der Waals surface area contributed by atoms with Crippen LogP contribution < -0.4 is 5.32 Å². The zero-order valence-corrected chi connectivity index (χ0v) is 10.9. The Labute approximate surface area is 96.7 Å². The quantitative estimate of drug-likeness (QED) is 0.807. The molecule has 0 aliphatic heterocycles. The van der Waals surface area contributed by atoms with Gasteiger partial charge in [0.15, 0.2) is 0 Å². The van der Waals surface area contributed by atoms with E-state index in [4.69, 9.17) is 4.74 Å². The van der Waals surface area contributed by atoms with Crippen LogP contribution in [0.25, 0.3) is 0 Å². The summed E-state index contributed by atoms with van der Waals surface area (Å²) in [6, 6.07) is 2.66. The predicted octanol–water partition coefficient (Wildman–Crippen LogP) is 2.69. The number of thiophene rings is 1. The fourth-order valence-electron chi connectivity index (χ4n) is 1.88. The topological polar surface area (TPSA) is 21.3 Å². The van der Waals surface area contributed by atoms with Crippen molar-refractivity contribution < 1.29 is 4.74 Å². The van der Waals surface area contributed by atoms with Crippen LogP contribution in [-0.4, -0.2) is 25.3 Å². The van der Waals surface area contributed by atoms with Gasteiger partial charge < -0.3 is 10.1 Å². The summed E-state index contributed by atoms with van der Waals surface area (Å²) in [7, 11) is 1.74. The number of hydrogen-bond acceptors (Lipinski definition) is 3. The summed E-state index contributed by atoms with van der Waals surface area (Å²) in [6.45, 7) is 7.29. The summed E-state index contributed by atoms with van der Waals surface area (Å²) < 4.78 is 5.18. The third kappa shape index (κ3) is 4.78. The minimum Gasteiger partial charge on any atom is -0.383 e. The van der Waals surface area contributed by atoms with E-state index in [9.17, 15) is 0 Å². The Bertz CT molecular complexity index is 269. The predicted molar refractivity (Wildman–Crippen MR) is 66.6 cm³/mol. The van der Waals surface area contributed by atoms with Crippen LogP contribution in [0.1, 0.15) is 26.3 Å². The van der Waals surface area contributed by atoms with Crippen LogP contribution in [0.15, 0.2) is 16.8 Å². The lowest BCUT2D eigenvalue weighted by molar-refractivity contribution is 0.122. The summed E-state index contributed by atoms with van der Waals surface area (Å²) in [5.74, 6) is 0. The molecule has 1 rings (SSSR count). The van der Waals surface area contributed by atoms with E-state index in [-0.39, 0.29) is 5.54 Å². The summed E-state index contributed by atoms with van der Waals surface area (Å²) in [5, 5.41) is 7.91. The second-order valence-electron chi connectivity index (χ2n) is 4.70. The number of hydrogen-bond donors (Lipinski definition) is 1. The molecule has 0 spiro atoms. The van der Waals surface area contributed by atoms with Crippen molar-refractivity contribution in [2.75, 3.05) is 13.7 Å². The lowest BCUT2D eigenvalue weighted by Crippen LogP contribution is -2.48. The molecule has 1 aromatic rings. The second-order valence-corrected chi connectivity index (χ2v) is 5.48. The lowest BCUT2D eigenvalue weighted by atomic mass is 10.0. The van der Waals surface area contributed by atoms with Crippen molar-refractivity contribution in [2.24, 2.45) is 0 Å². The van der Waals surface area contributed by atoms with Crippen LogP contribution in [0.5, 0.6) is 0 Å². The molecule has 3 heteroatoms. The first kappa shape index (κ1) is 12.7. The standard InChI is InChI=1S/C12H21NOS/c1-10(7-11-5-6-15-8-11)13-12(2,3)9-14-4/h5-6,8,10,13H,7,9H2,1-4H3. The highest BCUT2D eigenvalue weighted by molar-refractivity contribution is 7.07. The molecule has 0 amide bonds. The van der Waals surface area contributed by atoms with Crippen LogP contribution in [0.4, 0.5) is 0 Å². The van der Waals surface area contributed by atoms with Gasteiger partial charge in [0, 0.05) is 18.7 Å². The Kier molecular flexibility index (Phi) is 4.77. The van der Waals surface area contributed by atoms with Gasteiger partial charge in [0.05, 0.1) is 6.61 Å². The minimum atomic E-state index is 0.0458. The van der Waals surface area contributed by atoms with E-state index in [0.717, 1.165) is 13.0 Å². The molecular weight excluding hydrogens is 206 g/mol. The van der Waals surface area contributed by atoms with Crippen molar-refractivity contribution in [3.05, 3.63) is 22.4 Å². The average Bonchev–Trinajstić information content (AvgIpc) is 2.54. The molecule has 0 aliphatic carbocycles. The van der Waals surface area contributed by atoms with Crippen LogP contribution >= 0.6 is 11.3 Å². The molecule has 1 atom stereocenters. The van der Waals surface area contributed by atoms with Crippen LogP contribution in [0, 0.1) is 0 Å². The molecule has 2 nitrogen and oxygen atoms in total. The minimum absolute atomic E-state index is 0.0458. The summed E-state index contributed by atoms with van der Waals surface area (Å²) in [4.78, 5) is 0. The molecule has 0 fully saturated rings. The molecule has 15 heavy (non-hydrogen) atoms. The van der Waals surface area contributed by atoms with E-state index in [0.29, 0.717) is 6.04 Å². The zero-order chi connectivity index (χ0) is 11.3. The van der Waals surface area contributed by atoms with E-state index in [1.165, 1.54) is 5.56 Å². The summed E-state index contributed by atoms with van der Waals surface area (Å²) in [6.07, 6.45) is 1.08. The fourth-order valence-corrected chi connectivity index (χ4v) is 2.56. The van der Waals surface area contributed by atoms with Crippen LogP contribution in [0.2, 0.25) is 0 Å². The van der Waals surface area contributed by atoms with E-state index < -0.39 is 0 Å². The van der Waals surface area contributed by atoms with E-state index in [2.05, 4.69) is 42.9 Å². The van der Waals surface area contributed by atoms with Crippen molar-refractivity contribution >= 4 is 11.3 Å². The lowest BCUT2D eigenvalue weighted by Gasteiger charge is -2.29. The Balaban J connectivity index is 2.38. The van der Waals surface area contributed by atoms with E-state index in [1.807, 2.05) is 0 Å². The number of rotatable bonds is 6. The molecular formula is C12H21NOS. The van der Waals surface area contributed by atoms with Gasteiger partial charge in [-0.2, -0.15) is 11.3 Å². The number of methoxy groups -OCH3 is 1. The molecule has 0 bridgehead atoms. The maximum atomic E-state index is 5.18. The number of ether oxygens (including phenoxy) is 1. The molecule has 1 N–H and O–H groups in total. The van der Waals surface area contributed by atoms with Gasteiger partial charge in [-0.15, -0.1) is 0 Å². The molecule has 0 saturated heterocycles. The molecule has 0 saturated carbocycles. The second kappa shape index (κ2) is 5.64. The summed E-state index contributed by atoms with van der Waals surface area (Å²) in [5.41, 5.74) is 1.46. The molecule has 0 aromatic carbocycles. The number of nitrogens with one attached hydrogen (secondary N) is 1. The maximum Gasteiger partial charge on any atom is 0.0639 e. The first-order valence-corrected chi connectivity index (χ1v) is 6.25. The maximum absolute atomic E-state index is 5.18. The molecule has 1 aromatic heterocycles. The van der Waals surface area contributed by atoms with Gasteiger partial charge in [0.25, 0.3) is 0 Å². The largest absolute Gasteiger partial charge is 0.383 e. The van der Waals surface area contributed by atoms with Gasteiger partial charge >= 0.3 is 0 Å². The van der Waals surface area contributed by atoms with E-state index >= 15 is 0 Å².